The van der Waals surface area contributed by atoms with E-state index in [1.807, 2.05) is 0 Å². The van der Waals surface area contributed by atoms with E-state index in [4.69, 9.17) is 16.3 Å². The number of halogens is 3. The van der Waals surface area contributed by atoms with Crippen LogP contribution < -0.4 is 5.32 Å². The minimum absolute atomic E-state index is 0.234. The number of alkyl halides is 1. The molecule has 0 saturated heterocycles. The summed E-state index contributed by atoms with van der Waals surface area (Å²) in [6.07, 6.45) is 0.182. The van der Waals surface area contributed by atoms with Crippen molar-refractivity contribution < 1.29 is 18.3 Å². The molecular formula is C13H16ClF2NO2. The fraction of sp³-hybridized carbons (Fsp3) is 0.462. The molecule has 1 N–H and O–H groups in total. The third-order valence-corrected chi connectivity index (χ3v) is 2.81. The summed E-state index contributed by atoms with van der Waals surface area (Å²) in [6, 6.07) is 3.24. The van der Waals surface area contributed by atoms with E-state index in [2.05, 4.69) is 5.32 Å². The number of benzene rings is 1. The van der Waals surface area contributed by atoms with Gasteiger partial charge in [-0.1, -0.05) is 6.07 Å². The summed E-state index contributed by atoms with van der Waals surface area (Å²) < 4.78 is 31.7. The van der Waals surface area contributed by atoms with Crippen molar-refractivity contribution in [1.29, 1.82) is 0 Å². The van der Waals surface area contributed by atoms with Crippen LogP contribution in [0.15, 0.2) is 18.2 Å². The van der Waals surface area contributed by atoms with Crippen LogP contribution in [0.1, 0.15) is 12.0 Å². The van der Waals surface area contributed by atoms with E-state index in [1.165, 1.54) is 13.2 Å². The highest BCUT2D eigenvalue weighted by Gasteiger charge is 2.16. The molecule has 0 saturated carbocycles. The standard InChI is InChI=1S/C13H16ClF2NO2/c1-19-8-9(5-6-14)17-13(18)7-10-11(15)3-2-4-12(10)16/h2-4,9H,5-8H2,1H3,(H,17,18). The Labute approximate surface area is 115 Å². The maximum absolute atomic E-state index is 13.4. The number of nitrogens with one attached hydrogen (secondary N) is 1. The Morgan fingerprint density at radius 3 is 2.58 bits per heavy atom. The van der Waals surface area contributed by atoms with Crippen molar-refractivity contribution >= 4 is 17.5 Å². The van der Waals surface area contributed by atoms with E-state index in [-0.39, 0.29) is 18.0 Å². The number of hydrogen-bond donors (Lipinski definition) is 1. The lowest BCUT2D eigenvalue weighted by molar-refractivity contribution is -0.121. The topological polar surface area (TPSA) is 38.3 Å². The number of ether oxygens (including phenoxy) is 1. The zero-order chi connectivity index (χ0) is 14.3. The first-order chi connectivity index (χ1) is 9.08. The Hall–Kier alpha value is -1.20. The highest BCUT2D eigenvalue weighted by atomic mass is 35.5. The van der Waals surface area contributed by atoms with E-state index in [0.29, 0.717) is 18.9 Å². The average Bonchev–Trinajstić information content (AvgIpc) is 2.35. The first-order valence-corrected chi connectivity index (χ1v) is 6.39. The fourth-order valence-corrected chi connectivity index (χ4v) is 1.93. The summed E-state index contributed by atoms with van der Waals surface area (Å²) in [5.41, 5.74) is -0.234. The van der Waals surface area contributed by atoms with Gasteiger partial charge in [-0.2, -0.15) is 0 Å². The molecule has 0 aliphatic rings. The van der Waals surface area contributed by atoms with Crippen LogP contribution in [0.3, 0.4) is 0 Å². The molecule has 0 radical (unpaired) electrons. The highest BCUT2D eigenvalue weighted by molar-refractivity contribution is 6.17. The number of hydrogen-bond acceptors (Lipinski definition) is 2. The summed E-state index contributed by atoms with van der Waals surface area (Å²) in [6.45, 7) is 0.304. The van der Waals surface area contributed by atoms with Gasteiger partial charge in [0, 0.05) is 18.6 Å². The monoisotopic (exact) mass is 291 g/mol. The van der Waals surface area contributed by atoms with Crippen molar-refractivity contribution in [3.05, 3.63) is 35.4 Å². The molecule has 1 aromatic rings. The molecule has 1 unspecified atom stereocenters. The lowest BCUT2D eigenvalue weighted by Gasteiger charge is -2.17. The molecular weight excluding hydrogens is 276 g/mol. The van der Waals surface area contributed by atoms with Crippen molar-refractivity contribution in [3.8, 4) is 0 Å². The first kappa shape index (κ1) is 15.9. The van der Waals surface area contributed by atoms with Crippen LogP contribution in [0.25, 0.3) is 0 Å². The SMILES string of the molecule is COCC(CCCl)NC(=O)Cc1c(F)cccc1F. The Kier molecular flexibility index (Phi) is 6.73. The van der Waals surface area contributed by atoms with Crippen LogP contribution in [0, 0.1) is 11.6 Å². The number of methoxy groups -OCH3 is 1. The van der Waals surface area contributed by atoms with Crippen LogP contribution >= 0.6 is 11.6 Å². The van der Waals surface area contributed by atoms with Crippen molar-refractivity contribution in [2.45, 2.75) is 18.9 Å². The summed E-state index contributed by atoms with van der Waals surface area (Å²) in [4.78, 5) is 11.7. The third-order valence-electron chi connectivity index (χ3n) is 2.59. The van der Waals surface area contributed by atoms with Crippen molar-refractivity contribution in [1.82, 2.24) is 5.32 Å². The molecule has 0 spiro atoms. The molecule has 106 valence electrons. The van der Waals surface area contributed by atoms with Gasteiger partial charge in [-0.3, -0.25) is 4.79 Å². The van der Waals surface area contributed by atoms with Crippen molar-refractivity contribution in [2.24, 2.45) is 0 Å². The van der Waals surface area contributed by atoms with Crippen LogP contribution in [-0.4, -0.2) is 31.5 Å². The minimum Gasteiger partial charge on any atom is -0.383 e. The van der Waals surface area contributed by atoms with Crippen molar-refractivity contribution in [2.75, 3.05) is 19.6 Å². The van der Waals surface area contributed by atoms with Gasteiger partial charge >= 0.3 is 0 Å². The maximum atomic E-state index is 13.4. The van der Waals surface area contributed by atoms with Crippen LogP contribution in [-0.2, 0) is 16.0 Å². The van der Waals surface area contributed by atoms with Gasteiger partial charge < -0.3 is 10.1 Å². The second kappa shape index (κ2) is 8.07. The Bertz CT molecular complexity index is 403. The molecule has 1 rings (SSSR count). The van der Waals surface area contributed by atoms with Gasteiger partial charge in [0.2, 0.25) is 5.91 Å². The molecule has 0 bridgehead atoms. The zero-order valence-corrected chi connectivity index (χ0v) is 11.3. The lowest BCUT2D eigenvalue weighted by atomic mass is 10.1. The highest BCUT2D eigenvalue weighted by Crippen LogP contribution is 2.12. The largest absolute Gasteiger partial charge is 0.383 e. The average molecular weight is 292 g/mol. The summed E-state index contributed by atoms with van der Waals surface area (Å²) in [7, 11) is 1.50. The molecule has 3 nitrogen and oxygen atoms in total. The Morgan fingerprint density at radius 2 is 2.05 bits per heavy atom. The van der Waals surface area contributed by atoms with Gasteiger partial charge in [0.1, 0.15) is 11.6 Å². The molecule has 0 aromatic heterocycles. The maximum Gasteiger partial charge on any atom is 0.224 e. The molecule has 19 heavy (non-hydrogen) atoms. The molecule has 1 aromatic carbocycles. The van der Waals surface area contributed by atoms with Gasteiger partial charge in [0.15, 0.2) is 0 Å². The van der Waals surface area contributed by atoms with E-state index in [9.17, 15) is 13.6 Å². The van der Waals surface area contributed by atoms with Crippen LogP contribution in [0.5, 0.6) is 0 Å². The molecule has 0 heterocycles. The summed E-state index contributed by atoms with van der Waals surface area (Å²) in [5, 5.41) is 2.64. The first-order valence-electron chi connectivity index (χ1n) is 5.85. The van der Waals surface area contributed by atoms with E-state index < -0.39 is 17.5 Å². The summed E-state index contributed by atoms with van der Waals surface area (Å²) >= 11 is 5.60. The van der Waals surface area contributed by atoms with E-state index in [1.54, 1.807) is 0 Å². The molecule has 1 atom stereocenters. The van der Waals surface area contributed by atoms with Crippen LogP contribution in [0.2, 0.25) is 0 Å². The normalized spacial score (nSPS) is 12.2. The lowest BCUT2D eigenvalue weighted by Crippen LogP contribution is -2.39. The van der Waals surface area contributed by atoms with E-state index >= 15 is 0 Å². The van der Waals surface area contributed by atoms with Gasteiger partial charge in [-0.05, 0) is 18.6 Å². The second-order valence-corrected chi connectivity index (χ2v) is 4.45. The van der Waals surface area contributed by atoms with E-state index in [0.717, 1.165) is 12.1 Å². The number of rotatable bonds is 7. The predicted molar refractivity (Wildman–Crippen MR) is 69.2 cm³/mol. The number of amides is 1. The Balaban J connectivity index is 2.63. The van der Waals surface area contributed by atoms with Gasteiger partial charge in [0.25, 0.3) is 0 Å². The van der Waals surface area contributed by atoms with Crippen molar-refractivity contribution in [3.63, 3.8) is 0 Å². The minimum atomic E-state index is -0.726. The number of carbonyl (C=O) groups excluding carboxylic acids is 1. The molecule has 1 amide bonds. The predicted octanol–water partition coefficient (Wildman–Crippen LogP) is 2.27. The summed E-state index contributed by atoms with van der Waals surface area (Å²) in [5.74, 6) is -1.55. The Morgan fingerprint density at radius 1 is 1.42 bits per heavy atom. The molecule has 0 aliphatic carbocycles. The third kappa shape index (κ3) is 5.12. The van der Waals surface area contributed by atoms with Crippen LogP contribution in [0.4, 0.5) is 8.78 Å². The smallest absolute Gasteiger partial charge is 0.224 e. The zero-order valence-electron chi connectivity index (χ0n) is 10.6. The fourth-order valence-electron chi connectivity index (χ4n) is 1.67. The van der Waals surface area contributed by atoms with Gasteiger partial charge in [0.05, 0.1) is 19.1 Å². The van der Waals surface area contributed by atoms with Gasteiger partial charge in [-0.25, -0.2) is 8.78 Å². The number of carbonyl (C=O) groups is 1. The quantitative estimate of drug-likeness (QED) is 0.783. The molecule has 0 aliphatic heterocycles. The van der Waals surface area contributed by atoms with Gasteiger partial charge in [-0.15, -0.1) is 11.6 Å². The second-order valence-electron chi connectivity index (χ2n) is 4.07. The molecule has 6 heteroatoms. The molecule has 0 fully saturated rings.